The van der Waals surface area contributed by atoms with Gasteiger partial charge in [-0.05, 0) is 58.0 Å². The first-order valence-electron chi connectivity index (χ1n) is 7.68. The maximum Gasteiger partial charge on any atom is 0.0308 e. The van der Waals surface area contributed by atoms with E-state index in [0.717, 1.165) is 12.0 Å². The zero-order valence-electron chi connectivity index (χ0n) is 12.0. The van der Waals surface area contributed by atoms with Crippen molar-refractivity contribution in [1.82, 2.24) is 10.2 Å². The summed E-state index contributed by atoms with van der Waals surface area (Å²) in [5.41, 5.74) is 0.400. The maximum absolute atomic E-state index is 3.83. The van der Waals surface area contributed by atoms with Crippen molar-refractivity contribution in [3.05, 3.63) is 0 Å². The fourth-order valence-corrected chi connectivity index (χ4v) is 3.50. The van der Waals surface area contributed by atoms with Crippen molar-refractivity contribution in [2.75, 3.05) is 19.6 Å². The monoisotopic (exact) mass is 238 g/mol. The Kier molecular flexibility index (Phi) is 4.48. The van der Waals surface area contributed by atoms with Crippen molar-refractivity contribution in [2.45, 2.75) is 70.9 Å². The SMILES string of the molecule is CCCC(CC)N1CCCNC(C)(C2CC2)C1. The highest BCUT2D eigenvalue weighted by Gasteiger charge is 2.43. The van der Waals surface area contributed by atoms with Gasteiger partial charge in [0.05, 0.1) is 0 Å². The molecule has 1 heterocycles. The van der Waals surface area contributed by atoms with Crippen LogP contribution in [0.3, 0.4) is 0 Å². The van der Waals surface area contributed by atoms with Crippen molar-refractivity contribution >= 4 is 0 Å². The van der Waals surface area contributed by atoms with E-state index in [0.29, 0.717) is 5.54 Å². The Morgan fingerprint density at radius 3 is 2.71 bits per heavy atom. The van der Waals surface area contributed by atoms with Crippen molar-refractivity contribution < 1.29 is 0 Å². The summed E-state index contributed by atoms with van der Waals surface area (Å²) in [5, 5.41) is 3.83. The van der Waals surface area contributed by atoms with Crippen LogP contribution in [0.25, 0.3) is 0 Å². The van der Waals surface area contributed by atoms with Crippen LogP contribution < -0.4 is 5.32 Å². The van der Waals surface area contributed by atoms with Crippen LogP contribution in [0.4, 0.5) is 0 Å². The number of nitrogens with zero attached hydrogens (tertiary/aromatic N) is 1. The van der Waals surface area contributed by atoms with E-state index in [9.17, 15) is 0 Å². The van der Waals surface area contributed by atoms with Crippen molar-refractivity contribution in [3.63, 3.8) is 0 Å². The fraction of sp³-hybridized carbons (Fsp3) is 1.00. The molecule has 1 saturated heterocycles. The largest absolute Gasteiger partial charge is 0.310 e. The Morgan fingerprint density at radius 1 is 1.35 bits per heavy atom. The van der Waals surface area contributed by atoms with Gasteiger partial charge in [-0.15, -0.1) is 0 Å². The van der Waals surface area contributed by atoms with Gasteiger partial charge in [0.2, 0.25) is 0 Å². The van der Waals surface area contributed by atoms with E-state index in [4.69, 9.17) is 0 Å². The molecule has 0 radical (unpaired) electrons. The third-order valence-electron chi connectivity index (χ3n) is 4.77. The minimum Gasteiger partial charge on any atom is -0.310 e. The van der Waals surface area contributed by atoms with E-state index >= 15 is 0 Å². The lowest BCUT2D eigenvalue weighted by atomic mass is 9.94. The zero-order valence-corrected chi connectivity index (χ0v) is 12.0. The van der Waals surface area contributed by atoms with E-state index in [-0.39, 0.29) is 0 Å². The molecule has 0 aromatic carbocycles. The predicted octanol–water partition coefficient (Wildman–Crippen LogP) is 3.03. The average Bonchev–Trinajstić information content (AvgIpc) is 3.12. The summed E-state index contributed by atoms with van der Waals surface area (Å²) < 4.78 is 0. The molecule has 1 aliphatic heterocycles. The van der Waals surface area contributed by atoms with Gasteiger partial charge in [0.25, 0.3) is 0 Å². The molecule has 0 bridgehead atoms. The molecular formula is C15H30N2. The van der Waals surface area contributed by atoms with Gasteiger partial charge in [-0.3, -0.25) is 4.90 Å². The molecule has 2 nitrogen and oxygen atoms in total. The topological polar surface area (TPSA) is 15.3 Å². The highest BCUT2D eigenvalue weighted by Crippen LogP contribution is 2.41. The lowest BCUT2D eigenvalue weighted by Gasteiger charge is -2.37. The summed E-state index contributed by atoms with van der Waals surface area (Å²) >= 11 is 0. The normalized spacial score (nSPS) is 33.4. The first kappa shape index (κ1) is 13.4. The summed E-state index contributed by atoms with van der Waals surface area (Å²) in [7, 11) is 0. The number of hydrogen-bond acceptors (Lipinski definition) is 2. The minimum atomic E-state index is 0.400. The van der Waals surface area contributed by atoms with Gasteiger partial charge < -0.3 is 5.32 Å². The second-order valence-electron chi connectivity index (χ2n) is 6.29. The molecule has 2 rings (SSSR count). The predicted molar refractivity (Wildman–Crippen MR) is 74.3 cm³/mol. The van der Waals surface area contributed by atoms with Gasteiger partial charge in [0, 0.05) is 18.1 Å². The van der Waals surface area contributed by atoms with E-state index in [1.807, 2.05) is 0 Å². The van der Waals surface area contributed by atoms with Crippen LogP contribution in [0.5, 0.6) is 0 Å². The quantitative estimate of drug-likeness (QED) is 0.792. The molecule has 100 valence electrons. The van der Waals surface area contributed by atoms with Gasteiger partial charge in [-0.2, -0.15) is 0 Å². The summed E-state index contributed by atoms with van der Waals surface area (Å²) in [6.45, 7) is 10.9. The third-order valence-corrected chi connectivity index (χ3v) is 4.77. The van der Waals surface area contributed by atoms with Gasteiger partial charge in [-0.1, -0.05) is 20.3 Å². The second-order valence-corrected chi connectivity index (χ2v) is 6.29. The molecule has 1 saturated carbocycles. The molecule has 2 fully saturated rings. The van der Waals surface area contributed by atoms with Crippen molar-refractivity contribution in [1.29, 1.82) is 0 Å². The Hall–Kier alpha value is -0.0800. The van der Waals surface area contributed by atoms with E-state index in [1.54, 1.807) is 0 Å². The lowest BCUT2D eigenvalue weighted by molar-refractivity contribution is 0.140. The van der Waals surface area contributed by atoms with Crippen LogP contribution in [0.2, 0.25) is 0 Å². The lowest BCUT2D eigenvalue weighted by Crippen LogP contribution is -2.52. The number of hydrogen-bond donors (Lipinski definition) is 1. The average molecular weight is 238 g/mol. The standard InChI is InChI=1S/C15H30N2/c1-4-7-14(5-2)17-11-6-10-16-15(3,12-17)13-8-9-13/h13-14,16H,4-12H2,1-3H3. The van der Waals surface area contributed by atoms with Crippen LogP contribution >= 0.6 is 0 Å². The molecule has 2 aliphatic rings. The Morgan fingerprint density at radius 2 is 2.12 bits per heavy atom. The first-order valence-corrected chi connectivity index (χ1v) is 7.68. The molecule has 0 aromatic rings. The van der Waals surface area contributed by atoms with Gasteiger partial charge in [0.15, 0.2) is 0 Å². The van der Waals surface area contributed by atoms with Crippen LogP contribution in [-0.4, -0.2) is 36.1 Å². The molecule has 0 aromatic heterocycles. The Balaban J connectivity index is 2.00. The van der Waals surface area contributed by atoms with Gasteiger partial charge >= 0.3 is 0 Å². The third kappa shape index (κ3) is 3.23. The highest BCUT2D eigenvalue weighted by atomic mass is 15.2. The van der Waals surface area contributed by atoms with Crippen molar-refractivity contribution in [2.24, 2.45) is 5.92 Å². The highest BCUT2D eigenvalue weighted by molar-refractivity contribution is 5.01. The minimum absolute atomic E-state index is 0.400. The fourth-order valence-electron chi connectivity index (χ4n) is 3.50. The van der Waals surface area contributed by atoms with Crippen LogP contribution in [0, 0.1) is 5.92 Å². The molecule has 1 N–H and O–H groups in total. The molecule has 1 aliphatic carbocycles. The maximum atomic E-state index is 3.83. The Labute approximate surface area is 107 Å². The summed E-state index contributed by atoms with van der Waals surface area (Å²) in [6.07, 6.45) is 8.22. The van der Waals surface area contributed by atoms with Crippen LogP contribution in [0.1, 0.15) is 59.3 Å². The zero-order chi connectivity index (χ0) is 12.3. The first-order chi connectivity index (χ1) is 8.19. The molecule has 2 atom stereocenters. The van der Waals surface area contributed by atoms with Crippen LogP contribution in [-0.2, 0) is 0 Å². The summed E-state index contributed by atoms with van der Waals surface area (Å²) in [5.74, 6) is 0.947. The number of rotatable bonds is 5. The van der Waals surface area contributed by atoms with E-state index < -0.39 is 0 Å². The van der Waals surface area contributed by atoms with Crippen LogP contribution in [0.15, 0.2) is 0 Å². The summed E-state index contributed by atoms with van der Waals surface area (Å²) in [4.78, 5) is 2.78. The number of nitrogens with one attached hydrogen (secondary N) is 1. The molecule has 2 heteroatoms. The Bertz CT molecular complexity index is 237. The second kappa shape index (κ2) is 5.71. The molecular weight excluding hydrogens is 208 g/mol. The molecule has 2 unspecified atom stereocenters. The smallest absolute Gasteiger partial charge is 0.0308 e. The van der Waals surface area contributed by atoms with Gasteiger partial charge in [-0.25, -0.2) is 0 Å². The van der Waals surface area contributed by atoms with E-state index in [1.165, 1.54) is 58.2 Å². The molecule has 17 heavy (non-hydrogen) atoms. The summed E-state index contributed by atoms with van der Waals surface area (Å²) in [6, 6.07) is 0.818. The van der Waals surface area contributed by atoms with E-state index in [2.05, 4.69) is 31.0 Å². The molecule has 0 spiro atoms. The molecule has 0 amide bonds. The van der Waals surface area contributed by atoms with Gasteiger partial charge in [0.1, 0.15) is 0 Å². The van der Waals surface area contributed by atoms with Crippen molar-refractivity contribution in [3.8, 4) is 0 Å².